The van der Waals surface area contributed by atoms with Gasteiger partial charge in [0.15, 0.2) is 0 Å². The fourth-order valence-corrected chi connectivity index (χ4v) is 6.60. The fourth-order valence-electron chi connectivity index (χ4n) is 5.81. The average molecular weight is 743 g/mol. The molecule has 3 fully saturated rings. The first kappa shape index (κ1) is 42.3. The zero-order valence-corrected chi connectivity index (χ0v) is 32.2. The molecule has 0 bridgehead atoms. The molecule has 1 aromatic carbocycles. The van der Waals surface area contributed by atoms with Crippen LogP contribution in [0.15, 0.2) is 35.6 Å². The molecule has 1 saturated heterocycles. The first-order valence-corrected chi connectivity index (χ1v) is 19.3. The number of fused-ring (bicyclic) bond motifs is 1. The first-order valence-electron chi connectivity index (χ1n) is 18.4. The normalized spacial score (nSPS) is 17.7. The maximum atomic E-state index is 12.3. The molecule has 0 radical (unpaired) electrons. The van der Waals surface area contributed by atoms with E-state index in [0.29, 0.717) is 23.8 Å². The maximum Gasteiger partial charge on any atom is 0.405 e. The fraction of sp³-hybridized carbons (Fsp3) is 0.632. The zero-order valence-electron chi connectivity index (χ0n) is 31.4. The first-order chi connectivity index (χ1) is 24.8. The molecular weight excluding hydrogens is 685 g/mol. The lowest BCUT2D eigenvalue weighted by Gasteiger charge is -2.34. The summed E-state index contributed by atoms with van der Waals surface area (Å²) >= 11 is 1.44. The lowest BCUT2D eigenvalue weighted by molar-refractivity contribution is -0.136. The average Bonchev–Trinajstić information content (AvgIpc) is 4.04. The Morgan fingerprint density at radius 2 is 1.88 bits per heavy atom. The number of nitrogens with one attached hydrogen (secondary N) is 4. The van der Waals surface area contributed by atoms with E-state index in [1.165, 1.54) is 44.1 Å². The van der Waals surface area contributed by atoms with Crippen molar-refractivity contribution in [2.45, 2.75) is 128 Å². The summed E-state index contributed by atoms with van der Waals surface area (Å²) in [4.78, 5) is 66.0. The van der Waals surface area contributed by atoms with Gasteiger partial charge in [0.1, 0.15) is 23.5 Å². The molecule has 14 heteroatoms. The Kier molecular flexibility index (Phi) is 17.0. The van der Waals surface area contributed by atoms with Crippen LogP contribution in [0.5, 0.6) is 5.75 Å². The van der Waals surface area contributed by atoms with E-state index in [0.717, 1.165) is 67.8 Å². The van der Waals surface area contributed by atoms with Crippen molar-refractivity contribution in [2.24, 2.45) is 11.3 Å². The number of H-pyrrole nitrogens is 1. The van der Waals surface area contributed by atoms with Gasteiger partial charge >= 0.3 is 6.09 Å². The zero-order chi connectivity index (χ0) is 38.3. The number of carbonyl (C=O) groups is 4. The third kappa shape index (κ3) is 14.5. The maximum absolute atomic E-state index is 12.3. The molecule has 2 saturated carbocycles. The molecule has 3 atom stereocenters. The summed E-state index contributed by atoms with van der Waals surface area (Å²) < 4.78 is 7.88. The van der Waals surface area contributed by atoms with E-state index in [4.69, 9.17) is 9.84 Å². The van der Waals surface area contributed by atoms with Crippen LogP contribution in [0.1, 0.15) is 104 Å². The van der Waals surface area contributed by atoms with Gasteiger partial charge in [-0.25, -0.2) is 9.78 Å². The van der Waals surface area contributed by atoms with Gasteiger partial charge in [0.25, 0.3) is 11.5 Å². The van der Waals surface area contributed by atoms with E-state index in [1.807, 2.05) is 45.9 Å². The van der Waals surface area contributed by atoms with Gasteiger partial charge in [0.05, 0.1) is 18.1 Å². The molecular formula is C38H58N6O7S. The molecule has 13 nitrogen and oxygen atoms in total. The van der Waals surface area contributed by atoms with E-state index < -0.39 is 23.6 Å². The molecule has 5 N–H and O–H groups in total. The van der Waals surface area contributed by atoms with Crippen molar-refractivity contribution in [1.82, 2.24) is 30.2 Å². The highest BCUT2D eigenvalue weighted by molar-refractivity contribution is 7.98. The minimum Gasteiger partial charge on any atom is -0.497 e. The largest absolute Gasteiger partial charge is 0.497 e. The lowest BCUT2D eigenvalue weighted by atomic mass is 9.85. The second kappa shape index (κ2) is 20.8. The van der Waals surface area contributed by atoms with Crippen LogP contribution in [0, 0.1) is 11.3 Å². The number of aromatic nitrogens is 2. The number of aromatic amines is 1. The van der Waals surface area contributed by atoms with Crippen molar-refractivity contribution in [3.63, 3.8) is 0 Å². The van der Waals surface area contributed by atoms with Crippen LogP contribution in [-0.2, 0) is 20.8 Å². The molecule has 5 rings (SSSR count). The van der Waals surface area contributed by atoms with Gasteiger partial charge in [-0.15, -0.1) is 6.58 Å². The van der Waals surface area contributed by atoms with E-state index in [9.17, 15) is 24.0 Å². The number of carbonyl (C=O) groups excluding carboxylic acids is 3. The highest BCUT2D eigenvalue weighted by atomic mass is 32.2. The number of likely N-dealkylation sites (tertiary alicyclic amines) is 1. The monoisotopic (exact) mass is 742 g/mol. The van der Waals surface area contributed by atoms with Crippen molar-refractivity contribution in [3.05, 3.63) is 46.9 Å². The topological polar surface area (TPSA) is 183 Å². The summed E-state index contributed by atoms with van der Waals surface area (Å²) in [5.74, 6) is 1.47. The second-order valence-corrected chi connectivity index (χ2v) is 16.0. The highest BCUT2D eigenvalue weighted by Gasteiger charge is 2.38. The molecule has 1 aromatic heterocycles. The van der Waals surface area contributed by atoms with Gasteiger partial charge in [-0.1, -0.05) is 59.0 Å². The summed E-state index contributed by atoms with van der Waals surface area (Å²) in [6.07, 6.45) is 14.3. The molecule has 52 heavy (non-hydrogen) atoms. The van der Waals surface area contributed by atoms with Gasteiger partial charge in [0, 0.05) is 23.9 Å². The number of nitrogens with zero attached hydrogens (tertiary/aromatic N) is 2. The minimum atomic E-state index is -1.15. The smallest absolute Gasteiger partial charge is 0.405 e. The van der Waals surface area contributed by atoms with Gasteiger partial charge in [-0.05, 0) is 87.3 Å². The molecule has 3 aliphatic rings. The highest BCUT2D eigenvalue weighted by Crippen LogP contribution is 2.34. The minimum absolute atomic E-state index is 0.0713. The Bertz CT molecular complexity index is 1540. The summed E-state index contributed by atoms with van der Waals surface area (Å²) in [5, 5.41) is 14.2. The molecule has 2 aromatic rings. The van der Waals surface area contributed by atoms with E-state index in [1.54, 1.807) is 18.1 Å². The number of aryl methyl sites for hydroxylation is 1. The number of rotatable bonds is 16. The SMILES string of the molecule is C=CCC(NC=O)C(=O)NSC1CC1.CC1CCCN1C(=O)C(NC(=O)O)C(C)(C)C.COc1ccc2nc(CCCCCC3CC3)c(=O)[nH]c2c1. The lowest BCUT2D eigenvalue weighted by Crippen LogP contribution is -2.55. The molecule has 4 amide bonds. The van der Waals surface area contributed by atoms with Crippen LogP contribution >= 0.6 is 11.9 Å². The molecule has 1 aliphatic heterocycles. The van der Waals surface area contributed by atoms with E-state index >= 15 is 0 Å². The van der Waals surface area contributed by atoms with E-state index in [-0.39, 0.29) is 23.4 Å². The second-order valence-electron chi connectivity index (χ2n) is 14.9. The predicted octanol–water partition coefficient (Wildman–Crippen LogP) is 5.73. The predicted molar refractivity (Wildman–Crippen MR) is 205 cm³/mol. The van der Waals surface area contributed by atoms with Crippen LogP contribution in [0.4, 0.5) is 4.79 Å². The van der Waals surface area contributed by atoms with Gasteiger partial charge in [-0.3, -0.25) is 23.9 Å². The van der Waals surface area contributed by atoms with Crippen molar-refractivity contribution >= 4 is 47.3 Å². The van der Waals surface area contributed by atoms with Crippen LogP contribution < -0.4 is 25.7 Å². The van der Waals surface area contributed by atoms with Crippen molar-refractivity contribution in [2.75, 3.05) is 13.7 Å². The number of methoxy groups -OCH3 is 1. The van der Waals surface area contributed by atoms with Crippen LogP contribution in [0.25, 0.3) is 11.0 Å². The molecule has 0 spiro atoms. The van der Waals surface area contributed by atoms with Crippen LogP contribution in [0.2, 0.25) is 0 Å². The van der Waals surface area contributed by atoms with Crippen molar-refractivity contribution < 1.29 is 29.0 Å². The number of hydrogen-bond acceptors (Lipinski definition) is 8. The Morgan fingerprint density at radius 3 is 2.44 bits per heavy atom. The van der Waals surface area contributed by atoms with Gasteiger partial charge < -0.3 is 30.4 Å². The Morgan fingerprint density at radius 1 is 1.15 bits per heavy atom. The number of carboxylic acid groups (broad SMARTS) is 1. The third-order valence-electron chi connectivity index (χ3n) is 9.25. The van der Waals surface area contributed by atoms with Gasteiger partial charge in [0.2, 0.25) is 12.3 Å². The summed E-state index contributed by atoms with van der Waals surface area (Å²) in [7, 11) is 1.61. The third-order valence-corrected chi connectivity index (χ3v) is 10.4. The number of benzene rings is 1. The van der Waals surface area contributed by atoms with Gasteiger partial charge in [-0.2, -0.15) is 0 Å². The molecule has 2 aliphatic carbocycles. The van der Waals surface area contributed by atoms with E-state index in [2.05, 4.69) is 31.9 Å². The number of unbranched alkanes of at least 4 members (excludes halogenated alkanes) is 2. The standard InChI is InChI=1S/C17H22N2O2.C12H22N2O3.C9H14N2O2S/c1-21-13-9-10-14-16(11-13)19-17(20)15(18-14)6-4-2-3-5-12-7-8-12;1-8-6-5-7-14(8)10(15)9(12(2,3)4)13-11(16)17;1-2-3-8(10-6-12)9(13)11-14-7-4-5-7/h9-12H,2-8H2,1H3,(H,19,20);8-9,13H,5-7H2,1-4H3,(H,16,17);2,6-8H,1,3-5H2,(H,10,12)(H,11,13). The summed E-state index contributed by atoms with van der Waals surface area (Å²) in [6.45, 7) is 11.9. The Balaban J connectivity index is 0.000000215. The molecule has 2 heterocycles. The summed E-state index contributed by atoms with van der Waals surface area (Å²) in [6, 6.07) is 4.61. The van der Waals surface area contributed by atoms with Crippen molar-refractivity contribution in [1.29, 1.82) is 0 Å². The van der Waals surface area contributed by atoms with Crippen LogP contribution in [0.3, 0.4) is 0 Å². The quantitative estimate of drug-likeness (QED) is 0.0621. The number of hydrogen-bond donors (Lipinski definition) is 5. The molecule has 288 valence electrons. The number of amides is 4. The van der Waals surface area contributed by atoms with Crippen LogP contribution in [-0.4, -0.2) is 81.3 Å². The Labute approximate surface area is 311 Å². The Hall–Kier alpha value is -4.07. The molecule has 3 unspecified atom stereocenters. The number of ether oxygens (including phenoxy) is 1. The summed E-state index contributed by atoms with van der Waals surface area (Å²) in [5.41, 5.74) is 1.72. The van der Waals surface area contributed by atoms with Crippen molar-refractivity contribution in [3.8, 4) is 5.75 Å².